The van der Waals surface area contributed by atoms with E-state index in [1.54, 1.807) is 0 Å². The number of hydrogen-bond donors (Lipinski definition) is 26. The van der Waals surface area contributed by atoms with Crippen LogP contribution in [0.5, 0.6) is 0 Å². The zero-order chi connectivity index (χ0) is 90.8. The third kappa shape index (κ3) is 25.3. The summed E-state index contributed by atoms with van der Waals surface area (Å²) in [6.07, 6.45) is -92.0. The summed E-state index contributed by atoms with van der Waals surface area (Å²) in [5.41, 5.74) is 0. The van der Waals surface area contributed by atoms with Gasteiger partial charge in [0.05, 0.1) is 26.4 Å². The van der Waals surface area contributed by atoms with Gasteiger partial charge < -0.3 is 184 Å². The van der Waals surface area contributed by atoms with E-state index in [9.17, 15) is 178 Å². The molecule has 0 aromatic carbocycles. The average Bonchev–Trinajstić information content (AvgIpc) is 0.759. The second-order valence-electron chi connectivity index (χ2n) is 27.6. The van der Waals surface area contributed by atoms with E-state index in [2.05, 4.69) is 32.7 Å². The number of aliphatic hydroxyl groups is 14. The van der Waals surface area contributed by atoms with Gasteiger partial charge in [0.1, 0.15) is 171 Å². The van der Waals surface area contributed by atoms with Gasteiger partial charge in [-0.2, -0.15) is 33.7 Å². The highest BCUT2D eigenvalue weighted by atomic mass is 32.3. The summed E-state index contributed by atoms with van der Waals surface area (Å²) < 4.78 is 234. The summed E-state index contributed by atoms with van der Waals surface area (Å²) >= 11 is 0. The lowest BCUT2D eigenvalue weighted by Gasteiger charge is -2.50. The van der Waals surface area contributed by atoms with Crippen LogP contribution >= 0.6 is 0 Å². The summed E-state index contributed by atoms with van der Waals surface area (Å²) in [4.78, 5) is 102. The van der Waals surface area contributed by atoms with Crippen LogP contribution in [0.4, 0.5) is 0 Å². The van der Waals surface area contributed by atoms with E-state index < -0.39 is 361 Å². The maximum atomic E-state index is 13.3. The van der Waals surface area contributed by atoms with Crippen LogP contribution in [0.1, 0.15) is 27.7 Å². The Kier molecular flexibility index (Phi) is 33.9. The van der Waals surface area contributed by atoms with Crippen molar-refractivity contribution in [2.45, 2.75) is 273 Å². The van der Waals surface area contributed by atoms with E-state index in [-0.39, 0.29) is 0 Å². The fourth-order valence-electron chi connectivity index (χ4n) is 13.6. The van der Waals surface area contributed by atoms with Gasteiger partial charge in [0.25, 0.3) is 0 Å². The number of carboxylic acid groups (broad SMARTS) is 4. The number of nitrogens with one attached hydrogen (secondary N) is 4. The predicted octanol–water partition coefficient (Wildman–Crippen LogP) is -18.2. The zero-order valence-corrected chi connectivity index (χ0v) is 64.9. The summed E-state index contributed by atoms with van der Waals surface area (Å²) in [5, 5.41) is 209. The van der Waals surface area contributed by atoms with E-state index in [4.69, 9.17) is 75.6 Å². The van der Waals surface area contributed by atoms with Crippen molar-refractivity contribution in [3.05, 3.63) is 0 Å². The molecule has 0 radical (unpaired) electrons. The number of aliphatic carboxylic acids is 4. The fraction of sp³-hybridized carbons (Fsp3) is 0.857. The van der Waals surface area contributed by atoms with Crippen LogP contribution in [-0.2, 0) is 168 Å². The van der Waals surface area contributed by atoms with Crippen molar-refractivity contribution in [1.82, 2.24) is 21.3 Å². The van der Waals surface area contributed by atoms with Gasteiger partial charge in [-0.25, -0.2) is 35.9 Å². The number of aliphatic hydroxyl groups excluding tert-OH is 14. The van der Waals surface area contributed by atoms with Gasteiger partial charge in [-0.1, -0.05) is 0 Å². The minimum absolute atomic E-state index is 0.713. The third-order valence-corrected chi connectivity index (χ3v) is 20.7. The Morgan fingerprint density at radius 3 is 0.694 bits per heavy atom. The smallest absolute Gasteiger partial charge is 0.397 e. The zero-order valence-electron chi connectivity index (χ0n) is 61.7. The molecular weight excluding hydrogens is 1770 g/mol. The van der Waals surface area contributed by atoms with Crippen LogP contribution in [0.15, 0.2) is 0 Å². The SMILES string of the molecule is CC(=O)N[C@H]1[C@@H](O[C@H]2[C@H](O)[C@@H](O)[C@H](O)O[C@@H]2C(=O)O)O[C@H](COS(=O)(=O)O)[C@@H](O[C@@H]2O[C@H](C(=O)O)[C@@H](O[C@H]3O[C@H](COS(=O)(=O)O)[C@@H](O[C@@H]4O[C@H](C(=O)O)[C@@H](O[C@H]5O[C@H](COS(=O)(=O)O)[C@@H](O[C@@H]6O[C@H](C(=O)O)[C@@H](O[C@H]7O[C@H](COS(=O)(=O)O)[C@@H](O)[C@H](O)[C@H]7NC(C)=O)[C@H](O)[C@H]6O)[C@H](O)[C@H]5NC(C)=O)[C@H](O)[C@H]4O)[C@H](O)[C@H]3NC(C)=O)[C@H](O)[C@H]2O)[C@@H]1O. The Balaban J connectivity index is 1.03. The largest absolute Gasteiger partial charge is 0.479 e. The molecule has 0 aromatic rings. The van der Waals surface area contributed by atoms with Crippen LogP contribution in [0.2, 0.25) is 0 Å². The Bertz CT molecular complexity index is 4100. The van der Waals surface area contributed by atoms with Crippen molar-refractivity contribution in [2.24, 2.45) is 0 Å². The first kappa shape index (κ1) is 100. The highest BCUT2D eigenvalue weighted by Gasteiger charge is 2.63. The van der Waals surface area contributed by atoms with Crippen LogP contribution in [0.25, 0.3) is 0 Å². The molecule has 8 heterocycles. The standard InChI is InChI=1S/C56H86N4O57S4/c1-9(61)57-17-22(66)21(65)13(5-99-118(87,88)89)103-50(17)112-38-27(71)31(75)54(115-42(38)46(80)81)109-35-15(7-101-120(93,94)95)105-52(19(24(35)68)59-11(3)63)114-40-29(73)33(77)56(117-44(40)48(84)85)110-36-16(8-102-121(96,97)98)106-53(20(25(36)69)60-12(4)64)113-39-28(72)32(76)55(116-43(39)47(82)83)108-34-14(6-100-119(90,91)92)104-51(18(23(34)67)58-10(2)62)111-37-26(70)30(74)49(86)107-41(37)45(78)79/h13-44,49-56,65-77,86H,5-8H2,1-4H3,(H,57,61)(H,58,62)(H,59,63)(H,60,64)(H,78,79)(H,80,81)(H,82,83)(H,84,85)(H,87,88,89)(H,90,91,92)(H,93,94,95)(H,96,97,98)/t13-,14-,15-,16-,17-,18-,19-,20-,21-,22-,23-,24-,25-,26-,27-,28-,29-,30-,31-,32-,33-,34-,35-,36-,37+,38+,39+,40+,41+,42+,43+,44+,49-,50-,51-,52-,53-,54-,55-,56-/m1/s1. The van der Waals surface area contributed by atoms with Crippen LogP contribution < -0.4 is 21.3 Å². The topological polar surface area (TPSA) is 942 Å². The highest BCUT2D eigenvalue weighted by Crippen LogP contribution is 2.40. The molecule has 8 aliphatic heterocycles. The summed E-state index contributed by atoms with van der Waals surface area (Å²) in [6, 6.07) is -8.86. The van der Waals surface area contributed by atoms with Gasteiger partial charge in [-0.05, 0) is 0 Å². The summed E-state index contributed by atoms with van der Waals surface area (Å²) in [5.74, 6) is -13.2. The molecule has 696 valence electrons. The summed E-state index contributed by atoms with van der Waals surface area (Å²) in [7, 11) is -22.3. The molecule has 0 aromatic heterocycles. The van der Waals surface area contributed by atoms with Gasteiger partial charge in [0.2, 0.25) is 23.6 Å². The Morgan fingerprint density at radius 1 is 0.256 bits per heavy atom. The van der Waals surface area contributed by atoms with E-state index >= 15 is 0 Å². The fourth-order valence-corrected chi connectivity index (χ4v) is 14.8. The first-order valence-electron chi connectivity index (χ1n) is 34.7. The van der Waals surface area contributed by atoms with E-state index in [0.29, 0.717) is 6.92 Å². The molecule has 8 aliphatic rings. The molecule has 8 fully saturated rings. The van der Waals surface area contributed by atoms with Gasteiger partial charge in [0.15, 0.2) is 74.7 Å². The van der Waals surface area contributed by atoms with Gasteiger partial charge in [-0.3, -0.25) is 37.4 Å². The minimum atomic E-state index is -5.71. The quantitative estimate of drug-likeness (QED) is 0.0266. The number of hydrogen-bond acceptors (Lipinski definition) is 49. The van der Waals surface area contributed by atoms with E-state index in [0.717, 1.165) is 20.8 Å². The lowest BCUT2D eigenvalue weighted by molar-refractivity contribution is -0.381. The second-order valence-corrected chi connectivity index (χ2v) is 31.9. The number of carbonyl (C=O) groups excluding carboxylic acids is 4. The molecule has 8 saturated heterocycles. The van der Waals surface area contributed by atoms with Crippen LogP contribution in [0.3, 0.4) is 0 Å². The van der Waals surface area contributed by atoms with Crippen LogP contribution in [0, 0.1) is 0 Å². The number of amides is 4. The molecule has 0 saturated carbocycles. The van der Waals surface area contributed by atoms with Crippen LogP contribution in [-0.4, -0.2) is 463 Å². The monoisotopic (exact) mass is 1850 g/mol. The second kappa shape index (κ2) is 40.8. The van der Waals surface area contributed by atoms with E-state index in [1.807, 2.05) is 5.32 Å². The Morgan fingerprint density at radius 2 is 0.463 bits per heavy atom. The minimum Gasteiger partial charge on any atom is -0.479 e. The molecule has 61 nitrogen and oxygen atoms in total. The van der Waals surface area contributed by atoms with Gasteiger partial charge >= 0.3 is 65.5 Å². The summed E-state index contributed by atoms with van der Waals surface area (Å²) in [6.45, 7) is -3.08. The molecule has 65 heteroatoms. The number of ether oxygens (including phenoxy) is 15. The molecule has 8 rings (SSSR count). The number of rotatable bonds is 34. The lowest BCUT2D eigenvalue weighted by Crippen LogP contribution is -2.71. The highest BCUT2D eigenvalue weighted by molar-refractivity contribution is 7.81. The van der Waals surface area contributed by atoms with Crippen molar-refractivity contribution in [1.29, 1.82) is 0 Å². The molecular formula is C56H86N4O57S4. The number of carboxylic acids is 4. The normalized spacial score (nSPS) is 42.7. The Hall–Kier alpha value is -5.92. The van der Waals surface area contributed by atoms with Gasteiger partial charge in [-0.15, -0.1) is 0 Å². The molecule has 40 atom stereocenters. The maximum absolute atomic E-state index is 13.3. The number of carbonyl (C=O) groups is 8. The van der Waals surface area contributed by atoms with Crippen molar-refractivity contribution >= 4 is 89.1 Å². The molecule has 4 amide bonds. The third-order valence-electron chi connectivity index (χ3n) is 18.9. The average molecular weight is 1860 g/mol. The molecule has 0 unspecified atom stereocenters. The first-order valence-corrected chi connectivity index (χ1v) is 40.2. The molecule has 0 bridgehead atoms. The van der Waals surface area contributed by atoms with Crippen molar-refractivity contribution in [2.75, 3.05) is 26.4 Å². The molecule has 0 spiro atoms. The molecule has 26 N–H and O–H groups in total. The van der Waals surface area contributed by atoms with Crippen molar-refractivity contribution < 1.29 is 270 Å². The van der Waals surface area contributed by atoms with E-state index in [1.165, 1.54) is 0 Å². The maximum Gasteiger partial charge on any atom is 0.397 e. The lowest BCUT2D eigenvalue weighted by atomic mass is 9.93. The predicted molar refractivity (Wildman–Crippen MR) is 355 cm³/mol. The van der Waals surface area contributed by atoms with Gasteiger partial charge in [0, 0.05) is 27.7 Å². The van der Waals surface area contributed by atoms with Crippen molar-refractivity contribution in [3.8, 4) is 0 Å². The molecule has 121 heavy (non-hydrogen) atoms. The Labute approximate surface area is 677 Å². The molecule has 0 aliphatic carbocycles. The van der Waals surface area contributed by atoms with Crippen molar-refractivity contribution in [3.63, 3.8) is 0 Å². The first-order chi connectivity index (χ1) is 55.9.